The lowest BCUT2D eigenvalue weighted by Gasteiger charge is -2.03. The van der Waals surface area contributed by atoms with E-state index >= 15 is 0 Å². The van der Waals surface area contributed by atoms with Gasteiger partial charge in [-0.25, -0.2) is 0 Å². The third-order valence-electron chi connectivity index (χ3n) is 1.93. The number of benzene rings is 1. The molecule has 5 nitrogen and oxygen atoms in total. The van der Waals surface area contributed by atoms with E-state index in [1.165, 1.54) is 0 Å². The lowest BCUT2D eigenvalue weighted by Crippen LogP contribution is -2.04. The van der Waals surface area contributed by atoms with Crippen molar-refractivity contribution in [3.63, 3.8) is 0 Å². The molecule has 2 aromatic rings. The highest BCUT2D eigenvalue weighted by molar-refractivity contribution is 7.15. The molecule has 0 fully saturated rings. The lowest BCUT2D eigenvalue weighted by atomic mass is 10.3. The fraction of sp³-hybridized carbons (Fsp3) is 0.250. The largest absolute Gasteiger partial charge is 0.497 e. The first-order valence-electron chi connectivity index (χ1n) is 5.48. The van der Waals surface area contributed by atoms with E-state index in [0.29, 0.717) is 10.9 Å². The van der Waals surface area contributed by atoms with Crippen LogP contribution in [0, 0.1) is 0 Å². The van der Waals surface area contributed by atoms with E-state index in [1.54, 1.807) is 0 Å². The van der Waals surface area contributed by atoms with Gasteiger partial charge in [0.15, 0.2) is 0 Å². The van der Waals surface area contributed by atoms with Crippen LogP contribution in [0.15, 0.2) is 40.6 Å². The monoisotopic (exact) mass is 263 g/mol. The van der Waals surface area contributed by atoms with Gasteiger partial charge in [0, 0.05) is 0 Å². The Labute approximate surface area is 109 Å². The molecule has 94 valence electrons. The zero-order valence-corrected chi connectivity index (χ0v) is 10.9. The number of hydrogen-bond acceptors (Lipinski definition) is 6. The highest BCUT2D eigenvalue weighted by Gasteiger charge is 2.11. The van der Waals surface area contributed by atoms with Gasteiger partial charge in [-0.2, -0.15) is 4.98 Å². The number of azo groups is 1. The van der Waals surface area contributed by atoms with E-state index in [4.69, 9.17) is 4.74 Å². The summed E-state index contributed by atoms with van der Waals surface area (Å²) in [5.74, 6) is 0.180. The summed E-state index contributed by atoms with van der Waals surface area (Å²) in [7, 11) is 0. The first kappa shape index (κ1) is 12.5. The summed E-state index contributed by atoms with van der Waals surface area (Å²) in [5.41, 5.74) is 0.705. The molecule has 1 aromatic carbocycles. The van der Waals surface area contributed by atoms with Crippen LogP contribution in [0.25, 0.3) is 0 Å². The number of nitrogens with zero attached hydrogens (tertiary/aromatic N) is 3. The summed E-state index contributed by atoms with van der Waals surface area (Å²) in [6, 6.07) is 9.26. The summed E-state index contributed by atoms with van der Waals surface area (Å²) < 4.78 is 5.37. The lowest BCUT2D eigenvalue weighted by molar-refractivity contribution is 0.241. The molecule has 0 unspecified atom stereocenters. The molecule has 6 heteroatoms. The topological polar surface area (TPSA) is 67.1 Å². The Morgan fingerprint density at radius 3 is 2.61 bits per heavy atom. The predicted molar refractivity (Wildman–Crippen MR) is 70.2 cm³/mol. The summed E-state index contributed by atoms with van der Waals surface area (Å²) in [4.78, 5) is 4.05. The van der Waals surface area contributed by atoms with Crippen LogP contribution in [0.5, 0.6) is 10.3 Å². The first-order chi connectivity index (χ1) is 8.65. The van der Waals surface area contributed by atoms with Gasteiger partial charge in [-0.1, -0.05) is 18.2 Å². The fourth-order valence-corrected chi connectivity index (χ4v) is 1.92. The zero-order valence-electron chi connectivity index (χ0n) is 10.1. The maximum absolute atomic E-state index is 9.64. The van der Waals surface area contributed by atoms with Gasteiger partial charge in [0.05, 0.1) is 11.8 Å². The first-order valence-corrected chi connectivity index (χ1v) is 6.30. The molecule has 1 aromatic heterocycles. The SMILES string of the molecule is CC(C)Oc1nc(N=Nc2ccccc2)c(O)s1. The molecule has 0 atom stereocenters. The van der Waals surface area contributed by atoms with E-state index in [1.807, 2.05) is 44.2 Å². The van der Waals surface area contributed by atoms with E-state index in [0.717, 1.165) is 11.3 Å². The second kappa shape index (κ2) is 5.59. The van der Waals surface area contributed by atoms with Crippen molar-refractivity contribution in [1.29, 1.82) is 0 Å². The molecular formula is C12H13N3O2S. The fourth-order valence-electron chi connectivity index (χ4n) is 1.20. The van der Waals surface area contributed by atoms with Crippen LogP contribution < -0.4 is 4.74 Å². The van der Waals surface area contributed by atoms with Crippen molar-refractivity contribution in [3.05, 3.63) is 30.3 Å². The van der Waals surface area contributed by atoms with Crippen LogP contribution in [0.2, 0.25) is 0 Å². The minimum absolute atomic E-state index is 0.00494. The molecular weight excluding hydrogens is 250 g/mol. The maximum Gasteiger partial charge on any atom is 0.279 e. The van der Waals surface area contributed by atoms with Crippen LogP contribution in [-0.2, 0) is 0 Å². The quantitative estimate of drug-likeness (QED) is 0.846. The predicted octanol–water partition coefficient (Wildman–Crippen LogP) is 4.05. The summed E-state index contributed by atoms with van der Waals surface area (Å²) in [6.07, 6.45) is 0.00876. The summed E-state index contributed by atoms with van der Waals surface area (Å²) in [6.45, 7) is 3.78. The minimum atomic E-state index is 0.00494. The van der Waals surface area contributed by atoms with Gasteiger partial charge >= 0.3 is 0 Å². The molecule has 0 aliphatic carbocycles. The standard InChI is InChI=1S/C12H13N3O2S/c1-8(2)17-12-13-10(11(16)18-12)15-14-9-6-4-3-5-7-9/h3-8,16H,1-2H3. The van der Waals surface area contributed by atoms with E-state index in [-0.39, 0.29) is 17.0 Å². The van der Waals surface area contributed by atoms with E-state index in [9.17, 15) is 5.11 Å². The molecule has 1 N–H and O–H groups in total. The third-order valence-corrected chi connectivity index (χ3v) is 2.66. The number of aromatic hydroxyl groups is 1. The average molecular weight is 263 g/mol. The van der Waals surface area contributed by atoms with E-state index in [2.05, 4.69) is 15.2 Å². The Bertz CT molecular complexity index is 538. The second-order valence-electron chi connectivity index (χ2n) is 3.81. The van der Waals surface area contributed by atoms with Crippen molar-refractivity contribution in [3.8, 4) is 10.3 Å². The number of ether oxygens (including phenoxy) is 1. The number of rotatable bonds is 4. The van der Waals surface area contributed by atoms with Gasteiger partial charge in [-0.15, -0.1) is 10.2 Å². The maximum atomic E-state index is 9.64. The summed E-state index contributed by atoms with van der Waals surface area (Å²) >= 11 is 1.05. The molecule has 0 saturated heterocycles. The molecule has 0 saturated carbocycles. The van der Waals surface area contributed by atoms with Crippen molar-refractivity contribution >= 4 is 22.8 Å². The van der Waals surface area contributed by atoms with Crippen LogP contribution in [0.3, 0.4) is 0 Å². The van der Waals surface area contributed by atoms with Crippen LogP contribution in [-0.4, -0.2) is 16.2 Å². The van der Waals surface area contributed by atoms with Gasteiger partial charge in [0.1, 0.15) is 0 Å². The molecule has 18 heavy (non-hydrogen) atoms. The van der Waals surface area contributed by atoms with E-state index < -0.39 is 0 Å². The molecule has 0 aliphatic heterocycles. The molecule has 0 aliphatic rings. The smallest absolute Gasteiger partial charge is 0.279 e. The van der Waals surface area contributed by atoms with Gasteiger partial charge in [0.25, 0.3) is 5.19 Å². The van der Waals surface area contributed by atoms with Crippen molar-refractivity contribution < 1.29 is 9.84 Å². The number of thiazole rings is 1. The molecule has 0 spiro atoms. The summed E-state index contributed by atoms with van der Waals surface area (Å²) in [5, 5.41) is 17.9. The highest BCUT2D eigenvalue weighted by atomic mass is 32.1. The number of hydrogen-bond donors (Lipinski definition) is 1. The number of aromatic nitrogens is 1. The minimum Gasteiger partial charge on any atom is -0.497 e. The molecule has 0 amide bonds. The van der Waals surface area contributed by atoms with Crippen molar-refractivity contribution in [2.24, 2.45) is 10.2 Å². The zero-order chi connectivity index (χ0) is 13.0. The Hall–Kier alpha value is -1.95. The third kappa shape index (κ3) is 3.27. The normalized spacial score (nSPS) is 11.3. The Morgan fingerprint density at radius 1 is 1.22 bits per heavy atom. The van der Waals surface area contributed by atoms with Crippen LogP contribution >= 0.6 is 11.3 Å². The van der Waals surface area contributed by atoms with Gasteiger partial charge in [-0.3, -0.25) is 0 Å². The van der Waals surface area contributed by atoms with Gasteiger partial charge in [0.2, 0.25) is 10.9 Å². The highest BCUT2D eigenvalue weighted by Crippen LogP contribution is 2.38. The molecule has 0 radical (unpaired) electrons. The van der Waals surface area contributed by atoms with Crippen LogP contribution in [0.4, 0.5) is 11.5 Å². The second-order valence-corrected chi connectivity index (χ2v) is 4.75. The van der Waals surface area contributed by atoms with Crippen molar-refractivity contribution in [2.75, 3.05) is 0 Å². The Kier molecular flexibility index (Phi) is 3.88. The van der Waals surface area contributed by atoms with Gasteiger partial charge < -0.3 is 9.84 Å². The molecule has 1 heterocycles. The molecule has 2 rings (SSSR count). The Balaban J connectivity index is 2.14. The van der Waals surface area contributed by atoms with Crippen LogP contribution in [0.1, 0.15) is 13.8 Å². The van der Waals surface area contributed by atoms with Gasteiger partial charge in [-0.05, 0) is 37.3 Å². The average Bonchev–Trinajstić information content (AvgIpc) is 2.67. The Morgan fingerprint density at radius 2 is 1.94 bits per heavy atom. The van der Waals surface area contributed by atoms with Crippen molar-refractivity contribution in [1.82, 2.24) is 4.98 Å². The molecule has 0 bridgehead atoms. The van der Waals surface area contributed by atoms with Crippen molar-refractivity contribution in [2.45, 2.75) is 20.0 Å².